The third-order valence-electron chi connectivity index (χ3n) is 2.37. The van der Waals surface area contributed by atoms with Crippen LogP contribution < -0.4 is 5.32 Å². The minimum Gasteiger partial charge on any atom is -0.355 e. The van der Waals surface area contributed by atoms with E-state index in [2.05, 4.69) is 21.2 Å². The van der Waals surface area contributed by atoms with Crippen LogP contribution in [0.4, 0.5) is 0 Å². The van der Waals surface area contributed by atoms with Crippen molar-refractivity contribution < 1.29 is 9.59 Å². The van der Waals surface area contributed by atoms with Crippen LogP contribution in [0.1, 0.15) is 17.3 Å². The first-order chi connectivity index (χ1) is 8.52. The van der Waals surface area contributed by atoms with Crippen molar-refractivity contribution in [3.05, 3.63) is 34.3 Å². The third kappa shape index (κ3) is 4.98. The van der Waals surface area contributed by atoms with Crippen molar-refractivity contribution >= 4 is 27.6 Å². The van der Waals surface area contributed by atoms with Crippen molar-refractivity contribution in [3.8, 4) is 0 Å². The Morgan fingerprint density at radius 1 is 1.22 bits per heavy atom. The lowest BCUT2D eigenvalue weighted by molar-refractivity contribution is -0.121. The Morgan fingerprint density at radius 3 is 2.39 bits per heavy atom. The van der Waals surface area contributed by atoms with Gasteiger partial charge in [0, 0.05) is 16.6 Å². The first-order valence-electron chi connectivity index (χ1n) is 5.77. The molecule has 4 nitrogen and oxygen atoms in total. The Bertz CT molecular complexity index is 418. The van der Waals surface area contributed by atoms with E-state index in [1.165, 1.54) is 0 Å². The molecule has 0 aliphatic rings. The van der Waals surface area contributed by atoms with Crippen LogP contribution in [-0.2, 0) is 4.79 Å². The Balaban J connectivity index is 2.49. The molecule has 1 rings (SSSR count). The Labute approximate surface area is 115 Å². The normalized spacial score (nSPS) is 10.4. The van der Waals surface area contributed by atoms with Gasteiger partial charge in [0.25, 0.3) is 0 Å². The van der Waals surface area contributed by atoms with Gasteiger partial charge in [0.05, 0.1) is 13.1 Å². The summed E-state index contributed by atoms with van der Waals surface area (Å²) in [6.07, 6.45) is 0. The predicted octanol–water partition coefficient (Wildman–Crippen LogP) is 1.70. The fraction of sp³-hybridized carbons (Fsp3) is 0.385. The smallest absolute Gasteiger partial charge is 0.234 e. The first kappa shape index (κ1) is 14.9. The number of amides is 1. The van der Waals surface area contributed by atoms with E-state index < -0.39 is 0 Å². The fourth-order valence-corrected chi connectivity index (χ4v) is 1.79. The summed E-state index contributed by atoms with van der Waals surface area (Å²) in [6, 6.07) is 7.20. The summed E-state index contributed by atoms with van der Waals surface area (Å²) < 4.78 is 0.940. The standard InChI is InChI=1S/C13H17BrN2O2/c1-3-15-13(18)9-16(2)8-12(17)10-4-6-11(14)7-5-10/h4-7H,3,8-9H2,1-2H3,(H,15,18). The molecule has 1 aromatic rings. The van der Waals surface area contributed by atoms with Gasteiger partial charge in [-0.3, -0.25) is 14.5 Å². The second-order valence-corrected chi connectivity index (χ2v) is 4.97. The number of nitrogens with one attached hydrogen (secondary N) is 1. The van der Waals surface area contributed by atoms with Crippen molar-refractivity contribution in [1.29, 1.82) is 0 Å². The number of ketones is 1. The monoisotopic (exact) mass is 312 g/mol. The molecule has 1 amide bonds. The van der Waals surface area contributed by atoms with E-state index in [-0.39, 0.29) is 24.8 Å². The van der Waals surface area contributed by atoms with Gasteiger partial charge in [0.2, 0.25) is 5.91 Å². The molecule has 5 heteroatoms. The van der Waals surface area contributed by atoms with Crippen LogP contribution in [0.3, 0.4) is 0 Å². The molecule has 0 aliphatic carbocycles. The van der Waals surface area contributed by atoms with E-state index in [1.807, 2.05) is 19.1 Å². The molecule has 0 heterocycles. The van der Waals surface area contributed by atoms with Crippen LogP contribution in [-0.4, -0.2) is 43.3 Å². The summed E-state index contributed by atoms with van der Waals surface area (Å²) in [5.41, 5.74) is 0.654. The van der Waals surface area contributed by atoms with Crippen molar-refractivity contribution in [2.24, 2.45) is 0 Å². The van der Waals surface area contributed by atoms with Gasteiger partial charge in [-0.25, -0.2) is 0 Å². The van der Waals surface area contributed by atoms with Gasteiger partial charge < -0.3 is 5.32 Å². The number of halogens is 1. The summed E-state index contributed by atoms with van der Waals surface area (Å²) in [4.78, 5) is 25.0. The molecule has 0 bridgehead atoms. The predicted molar refractivity (Wildman–Crippen MR) is 74.7 cm³/mol. The average Bonchev–Trinajstić information content (AvgIpc) is 2.29. The second-order valence-electron chi connectivity index (χ2n) is 4.06. The number of Topliss-reactive ketones (excluding diaryl/α,β-unsaturated/α-hetero) is 1. The molecule has 0 radical (unpaired) electrons. The maximum Gasteiger partial charge on any atom is 0.234 e. The molecular formula is C13H17BrN2O2. The van der Waals surface area contributed by atoms with Crippen LogP contribution in [0.15, 0.2) is 28.7 Å². The zero-order chi connectivity index (χ0) is 13.5. The van der Waals surface area contributed by atoms with Gasteiger partial charge in [0.1, 0.15) is 0 Å². The molecule has 0 aromatic heterocycles. The van der Waals surface area contributed by atoms with E-state index in [4.69, 9.17) is 0 Å². The number of rotatable bonds is 6. The van der Waals surface area contributed by atoms with E-state index in [0.717, 1.165) is 4.47 Å². The molecule has 0 saturated heterocycles. The summed E-state index contributed by atoms with van der Waals surface area (Å²) in [5.74, 6) is -0.0575. The highest BCUT2D eigenvalue weighted by Gasteiger charge is 2.11. The van der Waals surface area contributed by atoms with Crippen molar-refractivity contribution in [2.45, 2.75) is 6.92 Å². The zero-order valence-corrected chi connectivity index (χ0v) is 12.2. The highest BCUT2D eigenvalue weighted by molar-refractivity contribution is 9.10. The van der Waals surface area contributed by atoms with E-state index >= 15 is 0 Å². The molecule has 98 valence electrons. The summed E-state index contributed by atoms with van der Waals surface area (Å²) in [5, 5.41) is 2.70. The van der Waals surface area contributed by atoms with Crippen LogP contribution >= 0.6 is 15.9 Å². The third-order valence-corrected chi connectivity index (χ3v) is 2.90. The Morgan fingerprint density at radius 2 is 1.83 bits per heavy atom. The van der Waals surface area contributed by atoms with Crippen LogP contribution in [0.5, 0.6) is 0 Å². The molecule has 0 aliphatic heterocycles. The Hall–Kier alpha value is -1.20. The second kappa shape index (κ2) is 7.28. The van der Waals surface area contributed by atoms with Crippen molar-refractivity contribution in [1.82, 2.24) is 10.2 Å². The van der Waals surface area contributed by atoms with Crippen molar-refractivity contribution in [2.75, 3.05) is 26.7 Å². The lowest BCUT2D eigenvalue weighted by Crippen LogP contribution is -2.37. The average molecular weight is 313 g/mol. The maximum atomic E-state index is 11.9. The lowest BCUT2D eigenvalue weighted by Gasteiger charge is -2.15. The van der Waals surface area contributed by atoms with Gasteiger partial charge in [0.15, 0.2) is 5.78 Å². The zero-order valence-electron chi connectivity index (χ0n) is 10.6. The number of hydrogen-bond donors (Lipinski definition) is 1. The summed E-state index contributed by atoms with van der Waals surface area (Å²) in [6.45, 7) is 2.94. The molecular weight excluding hydrogens is 296 g/mol. The van der Waals surface area contributed by atoms with Gasteiger partial charge in [-0.1, -0.05) is 28.1 Å². The maximum absolute atomic E-state index is 11.9. The number of nitrogens with zero attached hydrogens (tertiary/aromatic N) is 1. The highest BCUT2D eigenvalue weighted by atomic mass is 79.9. The van der Waals surface area contributed by atoms with Gasteiger partial charge in [-0.2, -0.15) is 0 Å². The largest absolute Gasteiger partial charge is 0.355 e. The minimum absolute atomic E-state index is 0.00861. The van der Waals surface area contributed by atoms with E-state index in [1.54, 1.807) is 24.1 Å². The van der Waals surface area contributed by atoms with Gasteiger partial charge in [-0.05, 0) is 26.1 Å². The fourth-order valence-electron chi connectivity index (χ4n) is 1.53. The SMILES string of the molecule is CCNC(=O)CN(C)CC(=O)c1ccc(Br)cc1. The molecule has 1 aromatic carbocycles. The molecule has 0 fully saturated rings. The summed E-state index contributed by atoms with van der Waals surface area (Å²) in [7, 11) is 1.76. The van der Waals surface area contributed by atoms with E-state index in [9.17, 15) is 9.59 Å². The Kier molecular flexibility index (Phi) is 6.01. The molecule has 1 N–H and O–H groups in total. The van der Waals surface area contributed by atoms with Crippen molar-refractivity contribution in [3.63, 3.8) is 0 Å². The number of benzene rings is 1. The first-order valence-corrected chi connectivity index (χ1v) is 6.56. The number of carbonyl (C=O) groups excluding carboxylic acids is 2. The number of carbonyl (C=O) groups is 2. The van der Waals surface area contributed by atoms with Gasteiger partial charge >= 0.3 is 0 Å². The molecule has 18 heavy (non-hydrogen) atoms. The van der Waals surface area contributed by atoms with Crippen LogP contribution in [0, 0.1) is 0 Å². The molecule has 0 spiro atoms. The minimum atomic E-state index is -0.0661. The molecule has 0 saturated carbocycles. The molecule has 0 atom stereocenters. The van der Waals surface area contributed by atoms with E-state index in [0.29, 0.717) is 12.1 Å². The van der Waals surface area contributed by atoms with Crippen LogP contribution in [0.2, 0.25) is 0 Å². The lowest BCUT2D eigenvalue weighted by atomic mass is 10.1. The number of hydrogen-bond acceptors (Lipinski definition) is 3. The van der Waals surface area contributed by atoms with Gasteiger partial charge in [-0.15, -0.1) is 0 Å². The topological polar surface area (TPSA) is 49.4 Å². The molecule has 0 unspecified atom stereocenters. The van der Waals surface area contributed by atoms with Crippen LogP contribution in [0.25, 0.3) is 0 Å². The highest BCUT2D eigenvalue weighted by Crippen LogP contribution is 2.11. The summed E-state index contributed by atoms with van der Waals surface area (Å²) >= 11 is 3.32. The quantitative estimate of drug-likeness (QED) is 0.813. The number of likely N-dealkylation sites (N-methyl/N-ethyl adjacent to an activating group) is 2.